The lowest BCUT2D eigenvalue weighted by Gasteiger charge is -2.08. The van der Waals surface area contributed by atoms with Gasteiger partial charge in [-0.3, -0.25) is 19.9 Å². The van der Waals surface area contributed by atoms with E-state index in [0.29, 0.717) is 56.8 Å². The fourth-order valence-electron chi connectivity index (χ4n) is 4.47. The van der Waals surface area contributed by atoms with Gasteiger partial charge in [0.2, 0.25) is 5.91 Å². The van der Waals surface area contributed by atoms with E-state index in [-0.39, 0.29) is 5.91 Å². The van der Waals surface area contributed by atoms with Crippen LogP contribution in [0.5, 0.6) is 0 Å². The number of benzene rings is 1. The van der Waals surface area contributed by atoms with Crippen LogP contribution in [0.1, 0.15) is 26.2 Å². The van der Waals surface area contributed by atoms with Crippen LogP contribution in [0.2, 0.25) is 0 Å². The van der Waals surface area contributed by atoms with E-state index < -0.39 is 5.82 Å². The first kappa shape index (κ1) is 23.4. The predicted octanol–water partition coefficient (Wildman–Crippen LogP) is 5.89. The molecule has 5 aromatic heterocycles. The number of H-pyrrole nitrogens is 2. The van der Waals surface area contributed by atoms with Crippen molar-refractivity contribution in [2.75, 3.05) is 5.32 Å². The average molecular weight is 507 g/mol. The highest BCUT2D eigenvalue weighted by Gasteiger charge is 2.21. The number of amides is 1. The molecule has 0 aliphatic rings. The second-order valence-corrected chi connectivity index (χ2v) is 8.92. The minimum Gasteiger partial charge on any atom is -0.335 e. The highest BCUT2D eigenvalue weighted by atomic mass is 19.1. The predicted molar refractivity (Wildman–Crippen MR) is 144 cm³/mol. The van der Waals surface area contributed by atoms with Gasteiger partial charge in [0.1, 0.15) is 11.5 Å². The Balaban J connectivity index is 1.41. The van der Waals surface area contributed by atoms with Gasteiger partial charge in [0, 0.05) is 53.5 Å². The number of nitrogens with zero attached hydrogens (tertiary/aromatic N) is 5. The molecule has 0 saturated carbocycles. The molecular weight excluding hydrogens is 483 g/mol. The number of aromatic amines is 2. The van der Waals surface area contributed by atoms with Crippen LogP contribution >= 0.6 is 0 Å². The first-order valence-corrected chi connectivity index (χ1v) is 12.3. The standard InChI is InChI=1S/C28H23FN8O/c1-2-3-6-22(38)33-18-12-17(14-31-15-18)19-7-8-21-23(24(19)29)26(37-36-21)28-34-25-20(9-11-32-27(25)35-28)16-5-4-10-30-13-16/h4-5,7-15H,2-3,6H2,1H3,(H,33,38)(H,36,37)(H,32,34,35). The van der Waals surface area contributed by atoms with Gasteiger partial charge < -0.3 is 10.3 Å². The van der Waals surface area contributed by atoms with Crippen LogP contribution in [0.15, 0.2) is 67.4 Å². The lowest BCUT2D eigenvalue weighted by Crippen LogP contribution is -2.11. The fraction of sp³-hybridized carbons (Fsp3) is 0.143. The van der Waals surface area contributed by atoms with Gasteiger partial charge in [-0.1, -0.05) is 19.4 Å². The summed E-state index contributed by atoms with van der Waals surface area (Å²) >= 11 is 0. The van der Waals surface area contributed by atoms with E-state index >= 15 is 4.39 Å². The molecule has 0 unspecified atom stereocenters. The Bertz CT molecular complexity index is 1780. The molecule has 0 bridgehead atoms. The highest BCUT2D eigenvalue weighted by Crippen LogP contribution is 2.35. The zero-order valence-electron chi connectivity index (χ0n) is 20.5. The van der Waals surface area contributed by atoms with Crippen molar-refractivity contribution in [1.29, 1.82) is 0 Å². The molecule has 0 fully saturated rings. The van der Waals surface area contributed by atoms with Crippen molar-refractivity contribution >= 4 is 33.7 Å². The quantitative estimate of drug-likeness (QED) is 0.248. The molecule has 38 heavy (non-hydrogen) atoms. The van der Waals surface area contributed by atoms with Crippen LogP contribution in [0.25, 0.3) is 55.8 Å². The number of unbranched alkanes of at least 4 members (excludes halogenated alkanes) is 1. The van der Waals surface area contributed by atoms with Crippen LogP contribution in [-0.4, -0.2) is 41.0 Å². The lowest BCUT2D eigenvalue weighted by molar-refractivity contribution is -0.116. The second kappa shape index (κ2) is 9.81. The van der Waals surface area contributed by atoms with Crippen molar-refractivity contribution in [1.82, 2.24) is 35.1 Å². The third-order valence-corrected chi connectivity index (χ3v) is 6.35. The lowest BCUT2D eigenvalue weighted by atomic mass is 10.0. The number of pyridine rings is 3. The van der Waals surface area contributed by atoms with E-state index in [9.17, 15) is 4.79 Å². The van der Waals surface area contributed by atoms with Gasteiger partial charge in [-0.2, -0.15) is 5.10 Å². The van der Waals surface area contributed by atoms with Crippen LogP contribution in [0.3, 0.4) is 0 Å². The van der Waals surface area contributed by atoms with E-state index in [1.54, 1.807) is 49.2 Å². The summed E-state index contributed by atoms with van der Waals surface area (Å²) in [7, 11) is 0. The summed E-state index contributed by atoms with van der Waals surface area (Å²) in [6.07, 6.45) is 10.4. The molecule has 10 heteroatoms. The Hall–Kier alpha value is -4.99. The first-order chi connectivity index (χ1) is 18.6. The van der Waals surface area contributed by atoms with Crippen LogP contribution in [0, 0.1) is 5.82 Å². The molecule has 6 aromatic rings. The molecule has 5 heterocycles. The number of aromatic nitrogens is 7. The smallest absolute Gasteiger partial charge is 0.224 e. The molecule has 0 aliphatic carbocycles. The number of carbonyl (C=O) groups is 1. The number of halogens is 1. The van der Waals surface area contributed by atoms with Crippen molar-refractivity contribution < 1.29 is 9.18 Å². The van der Waals surface area contributed by atoms with Gasteiger partial charge in [0.25, 0.3) is 0 Å². The molecule has 3 N–H and O–H groups in total. The Kier molecular flexibility index (Phi) is 6.04. The van der Waals surface area contributed by atoms with E-state index in [4.69, 9.17) is 0 Å². The number of rotatable bonds is 7. The molecule has 0 radical (unpaired) electrons. The van der Waals surface area contributed by atoms with Crippen molar-refractivity contribution in [3.05, 3.63) is 73.2 Å². The van der Waals surface area contributed by atoms with Gasteiger partial charge in [-0.25, -0.2) is 14.4 Å². The summed E-state index contributed by atoms with van der Waals surface area (Å²) < 4.78 is 16.1. The second-order valence-electron chi connectivity index (χ2n) is 8.92. The number of nitrogens with one attached hydrogen (secondary N) is 3. The van der Waals surface area contributed by atoms with Crippen molar-refractivity contribution in [3.63, 3.8) is 0 Å². The van der Waals surface area contributed by atoms with Gasteiger partial charge in [-0.05, 0) is 36.8 Å². The summed E-state index contributed by atoms with van der Waals surface area (Å²) in [4.78, 5) is 32.9. The molecular formula is C28H23FN8O. The van der Waals surface area contributed by atoms with Gasteiger partial charge in [-0.15, -0.1) is 0 Å². The van der Waals surface area contributed by atoms with Crippen LogP contribution in [-0.2, 0) is 4.79 Å². The van der Waals surface area contributed by atoms with Crippen molar-refractivity contribution in [3.8, 4) is 33.8 Å². The van der Waals surface area contributed by atoms with Crippen molar-refractivity contribution in [2.24, 2.45) is 0 Å². The van der Waals surface area contributed by atoms with Crippen LogP contribution in [0.4, 0.5) is 10.1 Å². The first-order valence-electron chi connectivity index (χ1n) is 12.3. The highest BCUT2D eigenvalue weighted by molar-refractivity contribution is 5.98. The molecule has 9 nitrogen and oxygen atoms in total. The van der Waals surface area contributed by atoms with Gasteiger partial charge >= 0.3 is 0 Å². The maximum absolute atomic E-state index is 16.1. The van der Waals surface area contributed by atoms with E-state index in [0.717, 1.165) is 24.0 Å². The van der Waals surface area contributed by atoms with E-state index in [1.165, 1.54) is 0 Å². The Labute approximate surface area is 216 Å². The summed E-state index contributed by atoms with van der Waals surface area (Å²) in [6.45, 7) is 2.03. The number of hydrogen-bond donors (Lipinski definition) is 3. The zero-order valence-corrected chi connectivity index (χ0v) is 20.5. The molecule has 0 aliphatic heterocycles. The molecule has 1 amide bonds. The van der Waals surface area contributed by atoms with Crippen LogP contribution < -0.4 is 5.32 Å². The molecule has 0 saturated heterocycles. The zero-order chi connectivity index (χ0) is 26.1. The monoisotopic (exact) mass is 506 g/mol. The largest absolute Gasteiger partial charge is 0.335 e. The third-order valence-electron chi connectivity index (χ3n) is 6.35. The number of imidazole rings is 1. The number of carbonyl (C=O) groups excluding carboxylic acids is 1. The Morgan fingerprint density at radius 3 is 2.76 bits per heavy atom. The molecule has 0 atom stereocenters. The van der Waals surface area contributed by atoms with Crippen molar-refractivity contribution in [2.45, 2.75) is 26.2 Å². The number of hydrogen-bond acceptors (Lipinski definition) is 6. The minimum atomic E-state index is -0.469. The summed E-state index contributed by atoms with van der Waals surface area (Å²) in [5.41, 5.74) is 5.24. The maximum Gasteiger partial charge on any atom is 0.224 e. The fourth-order valence-corrected chi connectivity index (χ4v) is 4.47. The molecule has 6 rings (SSSR count). The third kappa shape index (κ3) is 4.26. The number of anilines is 1. The number of fused-ring (bicyclic) bond motifs is 2. The van der Waals surface area contributed by atoms with E-state index in [1.807, 2.05) is 25.1 Å². The van der Waals surface area contributed by atoms with Gasteiger partial charge in [0.15, 0.2) is 11.5 Å². The molecule has 0 spiro atoms. The summed E-state index contributed by atoms with van der Waals surface area (Å²) in [5.74, 6) is -0.174. The summed E-state index contributed by atoms with van der Waals surface area (Å²) in [6, 6.07) is 10.8. The molecule has 188 valence electrons. The normalized spacial score (nSPS) is 11.3. The minimum absolute atomic E-state index is 0.0945. The Morgan fingerprint density at radius 2 is 1.92 bits per heavy atom. The summed E-state index contributed by atoms with van der Waals surface area (Å²) in [5, 5.41) is 10.4. The maximum atomic E-state index is 16.1. The SMILES string of the molecule is CCCCC(=O)Nc1cncc(-c2ccc3[nH]nc(-c4nc5nccc(-c6cccnc6)c5[nH]4)c3c2F)c1. The Morgan fingerprint density at radius 1 is 1.03 bits per heavy atom. The van der Waals surface area contributed by atoms with Gasteiger partial charge in [0.05, 0.1) is 28.3 Å². The average Bonchev–Trinajstić information content (AvgIpc) is 3.57. The topological polar surface area (TPSA) is 125 Å². The van der Waals surface area contributed by atoms with E-state index in [2.05, 4.69) is 40.4 Å². The molecule has 1 aromatic carbocycles.